The molecule has 1 aliphatic heterocycles. The van der Waals surface area contributed by atoms with Gasteiger partial charge in [0.1, 0.15) is 11.3 Å². The number of fused-ring (bicyclic) bond motifs is 1. The molecule has 72 valence electrons. The summed E-state index contributed by atoms with van der Waals surface area (Å²) in [4.78, 5) is 10.8. The van der Waals surface area contributed by atoms with Crippen LogP contribution in [-0.2, 0) is 11.2 Å². The van der Waals surface area contributed by atoms with E-state index in [9.17, 15) is 4.79 Å². The number of ether oxygens (including phenoxy) is 1. The fourth-order valence-corrected chi connectivity index (χ4v) is 1.39. The van der Waals surface area contributed by atoms with Gasteiger partial charge in [-0.05, 0) is 11.6 Å². The fraction of sp³-hybridized carbons (Fsp3) is 0.100. The van der Waals surface area contributed by atoms with Crippen LogP contribution in [0.25, 0.3) is 0 Å². The highest BCUT2D eigenvalue weighted by molar-refractivity contribution is 5.88. The van der Waals surface area contributed by atoms with E-state index in [1.165, 1.54) is 0 Å². The maximum Gasteiger partial charge on any atom is 0.337 e. The molecule has 14 heavy (non-hydrogen) atoms. The van der Waals surface area contributed by atoms with Gasteiger partial charge in [-0.25, -0.2) is 4.79 Å². The molecule has 3 N–H and O–H groups in total. The van der Waals surface area contributed by atoms with Gasteiger partial charge in [0.2, 0.25) is 5.88 Å². The van der Waals surface area contributed by atoms with Gasteiger partial charge in [-0.1, -0.05) is 18.2 Å². The highest BCUT2D eigenvalue weighted by atomic mass is 16.5. The minimum Gasteiger partial charge on any atom is -0.478 e. The Morgan fingerprint density at radius 1 is 1.43 bits per heavy atom. The van der Waals surface area contributed by atoms with Crippen LogP contribution < -0.4 is 10.5 Å². The number of carboxylic acid groups (broad SMARTS) is 1. The second-order valence-corrected chi connectivity index (χ2v) is 3.03. The van der Waals surface area contributed by atoms with Crippen LogP contribution in [0.3, 0.4) is 0 Å². The number of rotatable bonds is 1. The lowest BCUT2D eigenvalue weighted by molar-refractivity contribution is -0.133. The number of aliphatic carboxylic acids is 1. The van der Waals surface area contributed by atoms with E-state index in [1.807, 2.05) is 18.2 Å². The summed E-state index contributed by atoms with van der Waals surface area (Å²) in [5.74, 6) is -0.414. The average molecular weight is 191 g/mol. The topological polar surface area (TPSA) is 72.6 Å². The lowest BCUT2D eigenvalue weighted by atomic mass is 10.0. The Hall–Kier alpha value is -1.97. The molecule has 0 saturated carbocycles. The molecule has 0 aliphatic carbocycles. The third kappa shape index (κ3) is 1.31. The molecule has 0 saturated heterocycles. The molecule has 1 aromatic carbocycles. The van der Waals surface area contributed by atoms with Gasteiger partial charge in [-0.3, -0.25) is 0 Å². The Morgan fingerprint density at radius 3 is 2.86 bits per heavy atom. The van der Waals surface area contributed by atoms with Crippen molar-refractivity contribution in [3.8, 4) is 5.75 Å². The molecule has 1 heterocycles. The first-order chi connectivity index (χ1) is 6.68. The zero-order valence-corrected chi connectivity index (χ0v) is 7.36. The summed E-state index contributed by atoms with van der Waals surface area (Å²) in [6.07, 6.45) is 0.317. The van der Waals surface area contributed by atoms with Crippen molar-refractivity contribution in [3.63, 3.8) is 0 Å². The first-order valence-corrected chi connectivity index (χ1v) is 4.16. The maximum absolute atomic E-state index is 10.8. The van der Waals surface area contributed by atoms with E-state index in [-0.39, 0.29) is 11.5 Å². The summed E-state index contributed by atoms with van der Waals surface area (Å²) in [6, 6.07) is 7.24. The van der Waals surface area contributed by atoms with Crippen molar-refractivity contribution in [2.75, 3.05) is 0 Å². The number of carbonyl (C=O) groups is 1. The predicted octanol–water partition coefficient (Wildman–Crippen LogP) is 0.876. The number of para-hydroxylation sites is 1. The molecule has 1 aromatic rings. The number of nitrogens with two attached hydrogens (primary N) is 1. The predicted molar refractivity (Wildman–Crippen MR) is 49.6 cm³/mol. The van der Waals surface area contributed by atoms with Crippen molar-refractivity contribution in [1.29, 1.82) is 0 Å². The number of hydrogen-bond acceptors (Lipinski definition) is 3. The molecule has 4 heteroatoms. The summed E-state index contributed by atoms with van der Waals surface area (Å²) < 4.78 is 5.18. The Morgan fingerprint density at radius 2 is 2.14 bits per heavy atom. The second kappa shape index (κ2) is 3.06. The summed E-state index contributed by atoms with van der Waals surface area (Å²) in [5.41, 5.74) is 6.43. The fourth-order valence-electron chi connectivity index (χ4n) is 1.39. The summed E-state index contributed by atoms with van der Waals surface area (Å²) in [7, 11) is 0. The molecule has 0 spiro atoms. The van der Waals surface area contributed by atoms with Crippen molar-refractivity contribution >= 4 is 5.97 Å². The van der Waals surface area contributed by atoms with E-state index in [0.29, 0.717) is 12.2 Å². The largest absolute Gasteiger partial charge is 0.478 e. The van der Waals surface area contributed by atoms with Gasteiger partial charge in [-0.2, -0.15) is 0 Å². The Bertz CT molecular complexity index is 423. The molecule has 0 fully saturated rings. The molecular weight excluding hydrogens is 182 g/mol. The molecule has 0 bridgehead atoms. The quantitative estimate of drug-likeness (QED) is 0.691. The van der Waals surface area contributed by atoms with Gasteiger partial charge in [0.25, 0.3) is 0 Å². The third-order valence-corrected chi connectivity index (χ3v) is 2.12. The minimum atomic E-state index is -1.03. The van der Waals surface area contributed by atoms with E-state index in [2.05, 4.69) is 0 Å². The number of hydrogen-bond donors (Lipinski definition) is 2. The molecule has 1 aliphatic rings. The highest BCUT2D eigenvalue weighted by Gasteiger charge is 2.22. The molecular formula is C10H9NO3. The zero-order valence-electron chi connectivity index (χ0n) is 7.36. The zero-order chi connectivity index (χ0) is 10.1. The monoisotopic (exact) mass is 191 g/mol. The third-order valence-electron chi connectivity index (χ3n) is 2.12. The summed E-state index contributed by atoms with van der Waals surface area (Å²) in [6.45, 7) is 0. The Kier molecular flexibility index (Phi) is 1.89. The van der Waals surface area contributed by atoms with Crippen LogP contribution in [0.5, 0.6) is 5.75 Å². The molecule has 0 unspecified atom stereocenters. The Labute approximate surface area is 80.6 Å². The van der Waals surface area contributed by atoms with Gasteiger partial charge < -0.3 is 15.6 Å². The number of carboxylic acids is 1. The minimum absolute atomic E-state index is 0.0174. The average Bonchev–Trinajstić information content (AvgIpc) is 2.16. The number of benzene rings is 1. The molecule has 0 atom stereocenters. The molecule has 0 aromatic heterocycles. The molecule has 0 amide bonds. The van der Waals surface area contributed by atoms with Gasteiger partial charge in [0, 0.05) is 6.42 Å². The van der Waals surface area contributed by atoms with Crippen LogP contribution in [0.2, 0.25) is 0 Å². The molecule has 4 nitrogen and oxygen atoms in total. The summed E-state index contributed by atoms with van der Waals surface area (Å²) in [5, 5.41) is 8.82. The van der Waals surface area contributed by atoms with Crippen molar-refractivity contribution in [2.45, 2.75) is 6.42 Å². The SMILES string of the molecule is NC1=C(C(=O)O)Cc2ccccc2O1. The van der Waals surface area contributed by atoms with E-state index < -0.39 is 5.97 Å². The smallest absolute Gasteiger partial charge is 0.337 e. The lowest BCUT2D eigenvalue weighted by Gasteiger charge is -2.18. The van der Waals surface area contributed by atoms with Crippen molar-refractivity contribution in [1.82, 2.24) is 0 Å². The summed E-state index contributed by atoms with van der Waals surface area (Å²) >= 11 is 0. The van der Waals surface area contributed by atoms with E-state index in [1.54, 1.807) is 6.07 Å². The van der Waals surface area contributed by atoms with Crippen LogP contribution in [0.1, 0.15) is 5.56 Å². The van der Waals surface area contributed by atoms with Crippen LogP contribution >= 0.6 is 0 Å². The highest BCUT2D eigenvalue weighted by Crippen LogP contribution is 2.27. The van der Waals surface area contributed by atoms with Crippen molar-refractivity contribution in [2.24, 2.45) is 5.73 Å². The Balaban J connectivity index is 2.41. The van der Waals surface area contributed by atoms with Gasteiger partial charge in [-0.15, -0.1) is 0 Å². The lowest BCUT2D eigenvalue weighted by Crippen LogP contribution is -2.21. The first kappa shape index (κ1) is 8.62. The molecule has 2 rings (SSSR count). The van der Waals surface area contributed by atoms with Crippen LogP contribution in [0.15, 0.2) is 35.7 Å². The van der Waals surface area contributed by atoms with Gasteiger partial charge in [0.05, 0.1) is 0 Å². The van der Waals surface area contributed by atoms with Gasteiger partial charge in [0.15, 0.2) is 0 Å². The van der Waals surface area contributed by atoms with E-state index in [4.69, 9.17) is 15.6 Å². The second-order valence-electron chi connectivity index (χ2n) is 3.03. The van der Waals surface area contributed by atoms with E-state index in [0.717, 1.165) is 5.56 Å². The maximum atomic E-state index is 10.8. The van der Waals surface area contributed by atoms with Crippen LogP contribution in [-0.4, -0.2) is 11.1 Å². The van der Waals surface area contributed by atoms with E-state index >= 15 is 0 Å². The van der Waals surface area contributed by atoms with Gasteiger partial charge >= 0.3 is 5.97 Å². The van der Waals surface area contributed by atoms with Crippen molar-refractivity contribution in [3.05, 3.63) is 41.3 Å². The standard InChI is InChI=1S/C10H9NO3/c11-9-7(10(12)13)5-6-3-1-2-4-8(6)14-9/h1-4H,5,11H2,(H,12,13). The normalized spacial score (nSPS) is 14.6. The first-order valence-electron chi connectivity index (χ1n) is 4.16. The molecule has 0 radical (unpaired) electrons. The van der Waals surface area contributed by atoms with Crippen LogP contribution in [0.4, 0.5) is 0 Å². The van der Waals surface area contributed by atoms with Crippen LogP contribution in [0, 0.1) is 0 Å². The van der Waals surface area contributed by atoms with Crippen molar-refractivity contribution < 1.29 is 14.6 Å².